The van der Waals surface area contributed by atoms with Crippen LogP contribution in [0.1, 0.15) is 64.2 Å². The molecule has 2 N–H and O–H groups in total. The molecule has 2 aliphatic rings. The maximum absolute atomic E-state index is 11.5. The molecule has 0 heterocycles. The zero-order valence-corrected chi connectivity index (χ0v) is 11.8. The topological polar surface area (TPSA) is 82.9 Å². The minimum absolute atomic E-state index is 0.146. The first-order chi connectivity index (χ1) is 9.74. The Balaban J connectivity index is 1.61. The van der Waals surface area contributed by atoms with Crippen molar-refractivity contribution in [2.45, 2.75) is 64.2 Å². The van der Waals surface area contributed by atoms with Crippen LogP contribution in [0.5, 0.6) is 0 Å². The number of carbonyl (C=O) groups excluding carboxylic acids is 2. The van der Waals surface area contributed by atoms with Crippen LogP contribution in [-0.2, 0) is 9.59 Å². The highest BCUT2D eigenvalue weighted by molar-refractivity contribution is 5.89. The molecule has 0 radical (unpaired) electrons. The average Bonchev–Trinajstić information content (AvgIpc) is 3.13. The summed E-state index contributed by atoms with van der Waals surface area (Å²) in [6.07, 6.45) is 8.78. The van der Waals surface area contributed by atoms with Gasteiger partial charge >= 0.3 is 0 Å². The van der Waals surface area contributed by atoms with Gasteiger partial charge in [-0.3, -0.25) is 9.59 Å². The summed E-state index contributed by atoms with van der Waals surface area (Å²) in [6.45, 7) is 0. The molecule has 0 spiro atoms. The Kier molecular flexibility index (Phi) is 5.70. The molecule has 0 aromatic rings. The van der Waals surface area contributed by atoms with Gasteiger partial charge in [-0.2, -0.15) is 10.2 Å². The van der Waals surface area contributed by atoms with Gasteiger partial charge in [0.05, 0.1) is 0 Å². The summed E-state index contributed by atoms with van der Waals surface area (Å²) >= 11 is 0. The van der Waals surface area contributed by atoms with E-state index >= 15 is 0 Å². The monoisotopic (exact) mass is 278 g/mol. The van der Waals surface area contributed by atoms with E-state index in [1.165, 1.54) is 0 Å². The number of hydrazone groups is 2. The first-order valence-electron chi connectivity index (χ1n) is 7.42. The van der Waals surface area contributed by atoms with Crippen LogP contribution in [0.2, 0.25) is 0 Å². The van der Waals surface area contributed by atoms with Gasteiger partial charge in [0.15, 0.2) is 0 Å². The zero-order valence-electron chi connectivity index (χ0n) is 11.8. The van der Waals surface area contributed by atoms with Crippen molar-refractivity contribution in [3.8, 4) is 0 Å². The van der Waals surface area contributed by atoms with Crippen LogP contribution in [0, 0.1) is 0 Å². The second-order valence-corrected chi connectivity index (χ2v) is 5.34. The predicted octanol–water partition coefficient (Wildman–Crippen LogP) is 1.86. The first-order valence-corrected chi connectivity index (χ1v) is 7.42. The first kappa shape index (κ1) is 14.7. The molecule has 2 rings (SSSR count). The van der Waals surface area contributed by atoms with Gasteiger partial charge in [0.25, 0.3) is 0 Å². The number of nitrogens with one attached hydrogen (secondary N) is 2. The Labute approximate surface area is 119 Å². The highest BCUT2D eigenvalue weighted by atomic mass is 16.2. The molecule has 0 aromatic carbocycles. The Hall–Kier alpha value is -1.72. The Morgan fingerprint density at radius 1 is 0.750 bits per heavy atom. The van der Waals surface area contributed by atoms with Crippen LogP contribution in [0.3, 0.4) is 0 Å². The van der Waals surface area contributed by atoms with Crippen LogP contribution in [-0.4, -0.2) is 23.2 Å². The van der Waals surface area contributed by atoms with Crippen molar-refractivity contribution in [2.75, 3.05) is 0 Å². The number of nitrogens with zero attached hydrogens (tertiary/aromatic N) is 2. The van der Waals surface area contributed by atoms with Crippen molar-refractivity contribution in [1.29, 1.82) is 0 Å². The van der Waals surface area contributed by atoms with Crippen molar-refractivity contribution in [2.24, 2.45) is 10.2 Å². The fourth-order valence-corrected chi connectivity index (χ4v) is 2.41. The standard InChI is InChI=1S/C14H22N4O2/c19-13(17-15-11-5-1-2-6-11)9-10-14(20)18-16-12-7-3-4-8-12/h1-10H2,(H,17,19)(H,18,20). The van der Waals surface area contributed by atoms with E-state index in [0.29, 0.717) is 0 Å². The van der Waals surface area contributed by atoms with Gasteiger partial charge in [-0.1, -0.05) is 0 Å². The molecular weight excluding hydrogens is 256 g/mol. The second-order valence-electron chi connectivity index (χ2n) is 5.34. The molecule has 2 aliphatic carbocycles. The molecular formula is C14H22N4O2. The molecule has 0 bridgehead atoms. The third-order valence-electron chi connectivity index (χ3n) is 3.62. The summed E-state index contributed by atoms with van der Waals surface area (Å²) in [5.74, 6) is -0.430. The van der Waals surface area contributed by atoms with E-state index in [4.69, 9.17) is 0 Å². The van der Waals surface area contributed by atoms with Gasteiger partial charge in [0, 0.05) is 24.3 Å². The molecule has 0 unspecified atom stereocenters. The van der Waals surface area contributed by atoms with Gasteiger partial charge in [0.2, 0.25) is 11.8 Å². The van der Waals surface area contributed by atoms with Gasteiger partial charge in [-0.15, -0.1) is 0 Å². The van der Waals surface area contributed by atoms with Crippen LogP contribution in [0.25, 0.3) is 0 Å². The highest BCUT2D eigenvalue weighted by Gasteiger charge is 2.11. The molecule has 2 saturated carbocycles. The second kappa shape index (κ2) is 7.77. The lowest BCUT2D eigenvalue weighted by Crippen LogP contribution is -2.24. The van der Waals surface area contributed by atoms with E-state index in [1.807, 2.05) is 0 Å². The summed E-state index contributed by atoms with van der Waals surface area (Å²) in [6, 6.07) is 0. The fraction of sp³-hybridized carbons (Fsp3) is 0.714. The molecule has 0 atom stereocenters. The van der Waals surface area contributed by atoms with Gasteiger partial charge < -0.3 is 0 Å². The number of amides is 2. The summed E-state index contributed by atoms with van der Waals surface area (Å²) in [5, 5.41) is 8.14. The third-order valence-corrected chi connectivity index (χ3v) is 3.62. The number of hydrogen-bond acceptors (Lipinski definition) is 4. The summed E-state index contributed by atoms with van der Waals surface area (Å²) in [4.78, 5) is 23.1. The van der Waals surface area contributed by atoms with Crippen molar-refractivity contribution in [3.63, 3.8) is 0 Å². The normalized spacial score (nSPS) is 18.0. The van der Waals surface area contributed by atoms with E-state index in [9.17, 15) is 9.59 Å². The average molecular weight is 278 g/mol. The summed E-state index contributed by atoms with van der Waals surface area (Å²) < 4.78 is 0. The number of rotatable bonds is 5. The largest absolute Gasteiger partial charge is 0.273 e. The maximum atomic E-state index is 11.5. The fourth-order valence-electron chi connectivity index (χ4n) is 2.41. The summed E-state index contributed by atoms with van der Waals surface area (Å²) in [7, 11) is 0. The molecule has 2 fully saturated rings. The lowest BCUT2D eigenvalue weighted by atomic mass is 10.3. The zero-order chi connectivity index (χ0) is 14.2. The Morgan fingerprint density at radius 3 is 1.45 bits per heavy atom. The van der Waals surface area contributed by atoms with E-state index in [1.54, 1.807) is 0 Å². The molecule has 6 nitrogen and oxygen atoms in total. The van der Waals surface area contributed by atoms with Crippen molar-refractivity contribution >= 4 is 23.2 Å². The van der Waals surface area contributed by atoms with Crippen molar-refractivity contribution in [1.82, 2.24) is 10.9 Å². The smallest absolute Gasteiger partial charge is 0.240 e. The predicted molar refractivity (Wildman–Crippen MR) is 77.3 cm³/mol. The SMILES string of the molecule is O=C(CCC(=O)NN=C1CCCC1)NN=C1CCCC1. The van der Waals surface area contributed by atoms with Gasteiger partial charge in [0.1, 0.15) is 0 Å². The molecule has 0 aromatic heterocycles. The molecule has 6 heteroatoms. The molecule has 0 saturated heterocycles. The third kappa shape index (κ3) is 5.11. The van der Waals surface area contributed by atoms with E-state index in [0.717, 1.165) is 62.8 Å². The van der Waals surface area contributed by atoms with Crippen molar-refractivity contribution < 1.29 is 9.59 Å². The molecule has 0 aliphatic heterocycles. The van der Waals surface area contributed by atoms with Gasteiger partial charge in [-0.05, 0) is 51.4 Å². The highest BCUT2D eigenvalue weighted by Crippen LogP contribution is 2.14. The van der Waals surface area contributed by atoms with Crippen LogP contribution < -0.4 is 10.9 Å². The van der Waals surface area contributed by atoms with E-state index < -0.39 is 0 Å². The minimum atomic E-state index is -0.215. The lowest BCUT2D eigenvalue weighted by Gasteiger charge is -2.02. The number of carbonyl (C=O) groups is 2. The van der Waals surface area contributed by atoms with Crippen LogP contribution >= 0.6 is 0 Å². The minimum Gasteiger partial charge on any atom is -0.273 e. The lowest BCUT2D eigenvalue weighted by molar-refractivity contribution is -0.126. The van der Waals surface area contributed by atoms with Gasteiger partial charge in [-0.25, -0.2) is 10.9 Å². The quantitative estimate of drug-likeness (QED) is 0.752. The molecule has 20 heavy (non-hydrogen) atoms. The molecule has 110 valence electrons. The molecule has 2 amide bonds. The van der Waals surface area contributed by atoms with Crippen LogP contribution in [0.4, 0.5) is 0 Å². The number of hydrogen-bond donors (Lipinski definition) is 2. The van der Waals surface area contributed by atoms with E-state index in [2.05, 4.69) is 21.1 Å². The Bertz CT molecular complexity index is 373. The van der Waals surface area contributed by atoms with E-state index in [-0.39, 0.29) is 24.7 Å². The van der Waals surface area contributed by atoms with Crippen molar-refractivity contribution in [3.05, 3.63) is 0 Å². The maximum Gasteiger partial charge on any atom is 0.240 e. The van der Waals surface area contributed by atoms with Crippen LogP contribution in [0.15, 0.2) is 10.2 Å². The Morgan fingerprint density at radius 2 is 1.10 bits per heavy atom. The summed E-state index contributed by atoms with van der Waals surface area (Å²) in [5.41, 5.74) is 7.12.